The van der Waals surface area contributed by atoms with Crippen LogP contribution < -0.4 is 5.32 Å². The summed E-state index contributed by atoms with van der Waals surface area (Å²) in [5, 5.41) is 3.59. The molecule has 116 valence electrons. The summed E-state index contributed by atoms with van der Waals surface area (Å²) in [5.41, 5.74) is -0.350. The van der Waals surface area contributed by atoms with Crippen LogP contribution >= 0.6 is 0 Å². The summed E-state index contributed by atoms with van der Waals surface area (Å²) < 4.78 is 0. The van der Waals surface area contributed by atoms with Crippen molar-refractivity contribution in [2.24, 2.45) is 17.8 Å². The van der Waals surface area contributed by atoms with E-state index in [1.807, 2.05) is 0 Å². The molecule has 1 saturated carbocycles. The van der Waals surface area contributed by atoms with Crippen LogP contribution in [-0.2, 0) is 4.79 Å². The van der Waals surface area contributed by atoms with Crippen molar-refractivity contribution in [2.75, 3.05) is 6.54 Å². The zero-order chi connectivity index (χ0) is 14.9. The van der Waals surface area contributed by atoms with E-state index < -0.39 is 0 Å². The third-order valence-corrected chi connectivity index (χ3v) is 5.46. The summed E-state index contributed by atoms with van der Waals surface area (Å²) in [7, 11) is 0. The van der Waals surface area contributed by atoms with Crippen molar-refractivity contribution in [3.8, 4) is 0 Å². The Bertz CT molecular complexity index is 347. The summed E-state index contributed by atoms with van der Waals surface area (Å²) in [6.45, 7) is 11.9. The van der Waals surface area contributed by atoms with Gasteiger partial charge in [0, 0.05) is 6.54 Å². The summed E-state index contributed by atoms with van der Waals surface area (Å²) >= 11 is 0. The second-order valence-corrected chi connectivity index (χ2v) is 7.60. The molecule has 0 radical (unpaired) electrons. The van der Waals surface area contributed by atoms with Gasteiger partial charge in [0.25, 0.3) is 0 Å². The van der Waals surface area contributed by atoms with Crippen molar-refractivity contribution < 1.29 is 4.79 Å². The van der Waals surface area contributed by atoms with Gasteiger partial charge in [-0.15, -0.1) is 0 Å². The largest absolute Gasteiger partial charge is 0.325 e. The molecule has 0 bridgehead atoms. The minimum absolute atomic E-state index is 0.215. The Hall–Kier alpha value is -0.570. The highest BCUT2D eigenvalue weighted by atomic mass is 16.2. The van der Waals surface area contributed by atoms with Gasteiger partial charge in [0.05, 0.1) is 11.7 Å². The average molecular weight is 280 g/mol. The van der Waals surface area contributed by atoms with Crippen LogP contribution in [0.25, 0.3) is 0 Å². The summed E-state index contributed by atoms with van der Waals surface area (Å²) in [4.78, 5) is 14.9. The van der Waals surface area contributed by atoms with Crippen molar-refractivity contribution >= 4 is 5.91 Å². The fraction of sp³-hybridized carbons (Fsp3) is 0.941. The van der Waals surface area contributed by atoms with Gasteiger partial charge in [-0.3, -0.25) is 10.1 Å². The van der Waals surface area contributed by atoms with Gasteiger partial charge in [-0.1, -0.05) is 40.5 Å². The van der Waals surface area contributed by atoms with Crippen LogP contribution in [-0.4, -0.2) is 29.1 Å². The fourth-order valence-electron chi connectivity index (χ4n) is 3.68. The number of amides is 1. The van der Waals surface area contributed by atoms with Crippen LogP contribution in [0, 0.1) is 17.8 Å². The molecule has 0 aromatic heterocycles. The second-order valence-electron chi connectivity index (χ2n) is 7.60. The number of hydrogen-bond acceptors (Lipinski definition) is 2. The second kappa shape index (κ2) is 6.05. The maximum Gasteiger partial charge on any atom is 0.243 e. The molecular weight excluding hydrogens is 248 g/mol. The van der Waals surface area contributed by atoms with E-state index in [9.17, 15) is 4.79 Å². The lowest BCUT2D eigenvalue weighted by Crippen LogP contribution is -2.45. The molecule has 0 spiro atoms. The van der Waals surface area contributed by atoms with Crippen molar-refractivity contribution in [3.05, 3.63) is 0 Å². The predicted molar refractivity (Wildman–Crippen MR) is 83.3 cm³/mol. The first-order chi connectivity index (χ1) is 9.37. The van der Waals surface area contributed by atoms with Gasteiger partial charge in [0.1, 0.15) is 0 Å². The monoisotopic (exact) mass is 280 g/mol. The van der Waals surface area contributed by atoms with E-state index in [0.29, 0.717) is 17.7 Å². The zero-order valence-electron chi connectivity index (χ0n) is 13.9. The van der Waals surface area contributed by atoms with Crippen LogP contribution in [0.2, 0.25) is 0 Å². The number of hydrogen-bond donors (Lipinski definition) is 1. The minimum Gasteiger partial charge on any atom is -0.325 e. The van der Waals surface area contributed by atoms with Gasteiger partial charge in [0.2, 0.25) is 5.91 Å². The van der Waals surface area contributed by atoms with Crippen molar-refractivity contribution in [1.29, 1.82) is 0 Å². The molecule has 20 heavy (non-hydrogen) atoms. The lowest BCUT2D eigenvalue weighted by molar-refractivity contribution is -0.134. The van der Waals surface area contributed by atoms with Gasteiger partial charge in [-0.05, 0) is 43.9 Å². The van der Waals surface area contributed by atoms with Crippen LogP contribution in [0.5, 0.6) is 0 Å². The topological polar surface area (TPSA) is 32.3 Å². The zero-order valence-corrected chi connectivity index (χ0v) is 13.9. The number of rotatable bonds is 4. The Labute approximate surface area is 124 Å². The Morgan fingerprint density at radius 1 is 1.30 bits per heavy atom. The van der Waals surface area contributed by atoms with E-state index in [4.69, 9.17) is 0 Å². The van der Waals surface area contributed by atoms with Gasteiger partial charge < -0.3 is 4.90 Å². The molecule has 2 atom stereocenters. The highest BCUT2D eigenvalue weighted by molar-refractivity contribution is 5.88. The minimum atomic E-state index is -0.350. The first-order valence-electron chi connectivity index (χ1n) is 8.46. The maximum atomic E-state index is 12.8. The van der Waals surface area contributed by atoms with E-state index >= 15 is 0 Å². The highest BCUT2D eigenvalue weighted by Gasteiger charge is 2.47. The number of nitrogens with one attached hydrogen (secondary N) is 1. The Balaban J connectivity index is 2.05. The van der Waals surface area contributed by atoms with Crippen LogP contribution in [0.4, 0.5) is 0 Å². The van der Waals surface area contributed by atoms with Crippen molar-refractivity contribution in [3.63, 3.8) is 0 Å². The number of nitrogens with zero attached hydrogens (tertiary/aromatic N) is 1. The lowest BCUT2D eigenvalue weighted by Gasteiger charge is -2.33. The van der Waals surface area contributed by atoms with E-state index in [2.05, 4.69) is 44.8 Å². The summed E-state index contributed by atoms with van der Waals surface area (Å²) in [5.74, 6) is 2.37. The molecule has 3 heteroatoms. The van der Waals surface area contributed by atoms with E-state index in [-0.39, 0.29) is 11.7 Å². The average Bonchev–Trinajstić information content (AvgIpc) is 2.67. The van der Waals surface area contributed by atoms with Crippen molar-refractivity contribution in [2.45, 2.75) is 78.4 Å². The standard InChI is InChI=1S/C17H32N2O/c1-6-17(5)16(20)19(15(18-17)12(2)3)11-14-9-7-13(4)8-10-14/h12-15,18H,6-11H2,1-5H3. The van der Waals surface area contributed by atoms with E-state index in [0.717, 1.165) is 18.9 Å². The molecule has 1 aliphatic carbocycles. The fourth-order valence-corrected chi connectivity index (χ4v) is 3.68. The van der Waals surface area contributed by atoms with E-state index in [1.165, 1.54) is 25.7 Å². The first-order valence-corrected chi connectivity index (χ1v) is 8.46. The summed E-state index contributed by atoms with van der Waals surface area (Å²) in [6.07, 6.45) is 6.33. The molecule has 3 nitrogen and oxygen atoms in total. The summed E-state index contributed by atoms with van der Waals surface area (Å²) in [6, 6.07) is 0. The lowest BCUT2D eigenvalue weighted by atomic mass is 9.82. The Kier molecular flexibility index (Phi) is 4.78. The molecule has 0 aromatic carbocycles. The van der Waals surface area contributed by atoms with Crippen LogP contribution in [0.3, 0.4) is 0 Å². The van der Waals surface area contributed by atoms with Gasteiger partial charge >= 0.3 is 0 Å². The molecule has 1 amide bonds. The van der Waals surface area contributed by atoms with Crippen LogP contribution in [0.15, 0.2) is 0 Å². The maximum absolute atomic E-state index is 12.8. The predicted octanol–water partition coefficient (Wildman–Crippen LogP) is 3.40. The van der Waals surface area contributed by atoms with E-state index in [1.54, 1.807) is 0 Å². The molecule has 1 heterocycles. The quantitative estimate of drug-likeness (QED) is 0.856. The molecule has 2 unspecified atom stereocenters. The number of carbonyl (C=O) groups is 1. The number of carbonyl (C=O) groups excluding carboxylic acids is 1. The molecule has 2 fully saturated rings. The van der Waals surface area contributed by atoms with Gasteiger partial charge in [0.15, 0.2) is 0 Å². The molecule has 1 N–H and O–H groups in total. The molecule has 2 aliphatic rings. The molecular formula is C17H32N2O. The third kappa shape index (κ3) is 3.03. The normalized spacial score (nSPS) is 38.8. The Morgan fingerprint density at radius 3 is 2.40 bits per heavy atom. The molecule has 0 aromatic rings. The Morgan fingerprint density at radius 2 is 1.90 bits per heavy atom. The first kappa shape index (κ1) is 15.8. The van der Waals surface area contributed by atoms with Gasteiger partial charge in [-0.2, -0.15) is 0 Å². The van der Waals surface area contributed by atoms with Crippen LogP contribution in [0.1, 0.15) is 66.7 Å². The van der Waals surface area contributed by atoms with Crippen molar-refractivity contribution in [1.82, 2.24) is 10.2 Å². The SMILES string of the molecule is CCC1(C)NC(C(C)C)N(CC2CCC(C)CC2)C1=O. The highest BCUT2D eigenvalue weighted by Crippen LogP contribution is 2.33. The van der Waals surface area contributed by atoms with Gasteiger partial charge in [-0.25, -0.2) is 0 Å². The smallest absolute Gasteiger partial charge is 0.243 e. The molecule has 1 aliphatic heterocycles. The molecule has 2 rings (SSSR count). The third-order valence-electron chi connectivity index (χ3n) is 5.46. The molecule has 1 saturated heterocycles.